The van der Waals surface area contributed by atoms with E-state index in [0.29, 0.717) is 18.8 Å². The minimum absolute atomic E-state index is 0. The summed E-state index contributed by atoms with van der Waals surface area (Å²) in [4.78, 5) is 27.9. The molecule has 1 aromatic carbocycles. The molecule has 1 unspecified atom stereocenters. The predicted octanol–water partition coefficient (Wildman–Crippen LogP) is -0.332. The van der Waals surface area contributed by atoms with Crippen molar-refractivity contribution in [3.8, 4) is 0 Å². The number of anilines is 1. The molecule has 0 spiro atoms. The molecule has 0 saturated carbocycles. The van der Waals surface area contributed by atoms with Gasteiger partial charge in [0, 0.05) is 37.8 Å². The molecular weight excluding hydrogens is 368 g/mol. The van der Waals surface area contributed by atoms with Crippen molar-refractivity contribution >= 4 is 39.9 Å². The quantitative estimate of drug-likeness (QED) is 0.732. The molecule has 25 heavy (non-hydrogen) atoms. The smallest absolute Gasteiger partial charge is 0.238 e. The van der Waals surface area contributed by atoms with E-state index in [1.807, 2.05) is 0 Å². The van der Waals surface area contributed by atoms with Crippen LogP contribution in [0.25, 0.3) is 0 Å². The lowest BCUT2D eigenvalue weighted by molar-refractivity contribution is -0.134. The van der Waals surface area contributed by atoms with Gasteiger partial charge in [-0.25, -0.2) is 13.6 Å². The number of nitrogens with zero attached hydrogens (tertiary/aromatic N) is 2. The molecule has 138 valence electrons. The fourth-order valence-electron chi connectivity index (χ4n) is 3.20. The van der Waals surface area contributed by atoms with Gasteiger partial charge < -0.3 is 15.5 Å². The molecule has 2 aliphatic heterocycles. The summed E-state index contributed by atoms with van der Waals surface area (Å²) in [6.07, 6.45) is 0.886. The third-order valence-corrected chi connectivity index (χ3v) is 5.38. The molecule has 0 aliphatic carbocycles. The number of carbonyl (C=O) groups excluding carboxylic acids is 2. The van der Waals surface area contributed by atoms with Crippen molar-refractivity contribution in [3.63, 3.8) is 0 Å². The van der Waals surface area contributed by atoms with Crippen LogP contribution < -0.4 is 15.8 Å². The van der Waals surface area contributed by atoms with Crippen LogP contribution in [0, 0.1) is 5.92 Å². The molecule has 10 heteroatoms. The van der Waals surface area contributed by atoms with Gasteiger partial charge in [-0.05, 0) is 24.6 Å². The Hall–Kier alpha value is -1.68. The van der Waals surface area contributed by atoms with Crippen molar-refractivity contribution < 1.29 is 18.0 Å². The van der Waals surface area contributed by atoms with Crippen LogP contribution in [0.2, 0.25) is 0 Å². The zero-order chi connectivity index (χ0) is 17.5. The van der Waals surface area contributed by atoms with Gasteiger partial charge in [0.2, 0.25) is 21.8 Å². The number of hydrogen-bond donors (Lipinski definition) is 2. The summed E-state index contributed by atoms with van der Waals surface area (Å²) in [6, 6.07) is 5.87. The van der Waals surface area contributed by atoms with E-state index in [-0.39, 0.29) is 48.1 Å². The van der Waals surface area contributed by atoms with Crippen molar-refractivity contribution in [3.05, 3.63) is 24.3 Å². The molecule has 2 aliphatic rings. The average molecular weight is 389 g/mol. The molecule has 0 bridgehead atoms. The van der Waals surface area contributed by atoms with Crippen LogP contribution in [0.1, 0.15) is 12.8 Å². The highest BCUT2D eigenvalue weighted by Gasteiger charge is 2.38. The average Bonchev–Trinajstić information content (AvgIpc) is 3.12. The maximum Gasteiger partial charge on any atom is 0.238 e. The number of halogens is 1. The molecule has 2 atom stereocenters. The van der Waals surface area contributed by atoms with E-state index >= 15 is 0 Å². The summed E-state index contributed by atoms with van der Waals surface area (Å²) < 4.78 is 22.9. The molecule has 4 N–H and O–H groups in total. The first-order chi connectivity index (χ1) is 11.3. The van der Waals surface area contributed by atoms with Crippen LogP contribution in [-0.2, 0) is 19.6 Å². The minimum atomic E-state index is -3.85. The molecule has 1 aromatic rings. The second-order valence-corrected chi connectivity index (χ2v) is 7.84. The Morgan fingerprint density at radius 2 is 1.96 bits per heavy atom. The highest BCUT2D eigenvalue weighted by atomic mass is 35.5. The molecule has 3 rings (SSSR count). The van der Waals surface area contributed by atoms with Gasteiger partial charge in [0.15, 0.2) is 0 Å². The Balaban J connectivity index is 0.00000225. The van der Waals surface area contributed by atoms with Crippen LogP contribution in [0.3, 0.4) is 0 Å². The number of likely N-dealkylation sites (tertiary alicyclic amines) is 1. The predicted molar refractivity (Wildman–Crippen MR) is 94.7 cm³/mol. The van der Waals surface area contributed by atoms with E-state index in [1.54, 1.807) is 11.0 Å². The number of hydrogen-bond acceptors (Lipinski definition) is 5. The molecule has 0 radical (unpaired) electrons. The summed E-state index contributed by atoms with van der Waals surface area (Å²) in [7, 11) is -3.85. The van der Waals surface area contributed by atoms with Crippen molar-refractivity contribution in [1.82, 2.24) is 4.90 Å². The molecule has 2 amide bonds. The van der Waals surface area contributed by atoms with Crippen molar-refractivity contribution in [2.24, 2.45) is 16.8 Å². The van der Waals surface area contributed by atoms with Gasteiger partial charge in [-0.3, -0.25) is 9.59 Å². The van der Waals surface area contributed by atoms with Gasteiger partial charge in [0.25, 0.3) is 0 Å². The summed E-state index contributed by atoms with van der Waals surface area (Å²) >= 11 is 0. The van der Waals surface area contributed by atoms with Crippen molar-refractivity contribution in [2.45, 2.75) is 23.8 Å². The number of benzene rings is 1. The van der Waals surface area contributed by atoms with E-state index in [0.717, 1.165) is 6.42 Å². The Kier molecular flexibility index (Phi) is 5.72. The number of rotatable bonds is 3. The first-order valence-corrected chi connectivity index (χ1v) is 9.28. The fraction of sp³-hybridized carbons (Fsp3) is 0.467. The Labute approximate surface area is 152 Å². The van der Waals surface area contributed by atoms with E-state index in [1.165, 1.54) is 23.1 Å². The van der Waals surface area contributed by atoms with Gasteiger partial charge in [-0.2, -0.15) is 0 Å². The monoisotopic (exact) mass is 388 g/mol. The minimum Gasteiger partial charge on any atom is -0.341 e. The first-order valence-electron chi connectivity index (χ1n) is 7.73. The second-order valence-electron chi connectivity index (χ2n) is 6.28. The molecular formula is C15H21ClN4O4S. The second kappa shape index (κ2) is 7.28. The largest absolute Gasteiger partial charge is 0.341 e. The molecule has 2 fully saturated rings. The lowest BCUT2D eigenvalue weighted by atomic mass is 10.1. The van der Waals surface area contributed by atoms with Gasteiger partial charge in [-0.1, -0.05) is 6.07 Å². The first kappa shape index (κ1) is 19.6. The van der Waals surface area contributed by atoms with Crippen molar-refractivity contribution in [2.75, 3.05) is 24.5 Å². The number of amides is 2. The Morgan fingerprint density at radius 3 is 2.56 bits per heavy atom. The fourth-order valence-corrected chi connectivity index (χ4v) is 3.75. The molecule has 8 nitrogen and oxygen atoms in total. The maximum absolute atomic E-state index is 12.5. The Bertz CT molecular complexity index is 785. The van der Waals surface area contributed by atoms with Crippen molar-refractivity contribution in [1.29, 1.82) is 0 Å². The van der Waals surface area contributed by atoms with Crippen LogP contribution >= 0.6 is 12.4 Å². The summed E-state index contributed by atoms with van der Waals surface area (Å²) in [6.45, 7) is 1.37. The number of nitrogens with two attached hydrogens (primary N) is 2. The van der Waals surface area contributed by atoms with Crippen LogP contribution in [0.15, 0.2) is 29.2 Å². The SMILES string of the molecule is Cl.N[C@@H]1CCN(C(=O)C2CC(=O)N(c3cccc(S(N)(=O)=O)c3)C2)C1. The normalized spacial score (nSPS) is 23.7. The molecule has 0 aromatic heterocycles. The van der Waals surface area contributed by atoms with Gasteiger partial charge in [0.05, 0.1) is 10.8 Å². The number of carbonyl (C=O) groups is 2. The number of primary sulfonamides is 1. The van der Waals surface area contributed by atoms with E-state index in [9.17, 15) is 18.0 Å². The van der Waals surface area contributed by atoms with Crippen LogP contribution in [0.5, 0.6) is 0 Å². The maximum atomic E-state index is 12.5. The van der Waals surface area contributed by atoms with Crippen LogP contribution in [-0.4, -0.2) is 50.8 Å². The zero-order valence-electron chi connectivity index (χ0n) is 13.5. The van der Waals surface area contributed by atoms with E-state index < -0.39 is 15.9 Å². The molecule has 2 heterocycles. The molecule has 2 saturated heterocycles. The third-order valence-electron chi connectivity index (χ3n) is 4.47. The zero-order valence-corrected chi connectivity index (χ0v) is 15.1. The van der Waals surface area contributed by atoms with E-state index in [4.69, 9.17) is 10.9 Å². The Morgan fingerprint density at radius 1 is 1.24 bits per heavy atom. The standard InChI is InChI=1S/C15H20N4O4S.ClH/c16-11-4-5-18(9-11)15(21)10-6-14(20)19(8-10)12-2-1-3-13(7-12)24(17,22)23;/h1-3,7,10-11H,4-6,8-9,16H2,(H2,17,22,23);1H/t10?,11-;/m1./s1. The number of sulfonamides is 1. The van der Waals surface area contributed by atoms with Gasteiger partial charge in [0.1, 0.15) is 0 Å². The summed E-state index contributed by atoms with van der Waals surface area (Å²) in [5, 5.41) is 5.13. The summed E-state index contributed by atoms with van der Waals surface area (Å²) in [5.74, 6) is -0.703. The van der Waals surface area contributed by atoms with Gasteiger partial charge in [-0.15, -0.1) is 12.4 Å². The lowest BCUT2D eigenvalue weighted by Crippen LogP contribution is -2.37. The van der Waals surface area contributed by atoms with E-state index in [2.05, 4.69) is 0 Å². The lowest BCUT2D eigenvalue weighted by Gasteiger charge is -2.21. The third kappa shape index (κ3) is 4.12. The highest BCUT2D eigenvalue weighted by Crippen LogP contribution is 2.28. The topological polar surface area (TPSA) is 127 Å². The van der Waals surface area contributed by atoms with Crippen LogP contribution in [0.4, 0.5) is 5.69 Å². The summed E-state index contributed by atoms with van der Waals surface area (Å²) in [5.41, 5.74) is 6.26. The van der Waals surface area contributed by atoms with Gasteiger partial charge >= 0.3 is 0 Å². The highest BCUT2D eigenvalue weighted by molar-refractivity contribution is 7.89.